The van der Waals surface area contributed by atoms with Crippen molar-refractivity contribution in [3.63, 3.8) is 0 Å². The van der Waals surface area contributed by atoms with E-state index in [1.54, 1.807) is 6.26 Å². The van der Waals surface area contributed by atoms with Gasteiger partial charge in [-0.3, -0.25) is 4.79 Å². The first-order valence-corrected chi connectivity index (χ1v) is 7.08. The standard InChI is InChI=1S/C16H18N2O3/c1-11(16(15(19)20)7-8-17-10-16)13-9-21-14(18-13)12-5-3-2-4-6-12/h2-6,9,11,17H,7-8,10H2,1H3,(H,19,20). The van der Waals surface area contributed by atoms with E-state index in [0.717, 1.165) is 12.1 Å². The largest absolute Gasteiger partial charge is 0.481 e. The van der Waals surface area contributed by atoms with Gasteiger partial charge in [0.1, 0.15) is 6.26 Å². The highest BCUT2D eigenvalue weighted by atomic mass is 16.4. The van der Waals surface area contributed by atoms with E-state index in [9.17, 15) is 9.90 Å². The van der Waals surface area contributed by atoms with Crippen molar-refractivity contribution in [1.82, 2.24) is 10.3 Å². The number of nitrogens with one attached hydrogen (secondary N) is 1. The zero-order valence-corrected chi connectivity index (χ0v) is 11.9. The summed E-state index contributed by atoms with van der Waals surface area (Å²) in [6.45, 7) is 3.10. The van der Waals surface area contributed by atoms with Gasteiger partial charge in [0, 0.05) is 18.0 Å². The van der Waals surface area contributed by atoms with Gasteiger partial charge in [0.05, 0.1) is 11.1 Å². The van der Waals surface area contributed by atoms with Gasteiger partial charge in [-0.05, 0) is 25.1 Å². The number of benzene rings is 1. The van der Waals surface area contributed by atoms with E-state index in [2.05, 4.69) is 10.3 Å². The predicted molar refractivity (Wildman–Crippen MR) is 77.9 cm³/mol. The number of aliphatic carboxylic acids is 1. The van der Waals surface area contributed by atoms with Crippen LogP contribution in [-0.2, 0) is 4.79 Å². The molecule has 0 spiro atoms. The maximum absolute atomic E-state index is 11.7. The topological polar surface area (TPSA) is 75.4 Å². The van der Waals surface area contributed by atoms with Crippen molar-refractivity contribution in [3.8, 4) is 11.5 Å². The summed E-state index contributed by atoms with van der Waals surface area (Å²) in [6.07, 6.45) is 2.19. The summed E-state index contributed by atoms with van der Waals surface area (Å²) in [5.41, 5.74) is 0.787. The molecule has 5 nitrogen and oxygen atoms in total. The molecule has 1 aliphatic heterocycles. The van der Waals surface area contributed by atoms with Crippen LogP contribution in [0.1, 0.15) is 25.0 Å². The maximum Gasteiger partial charge on any atom is 0.311 e. The van der Waals surface area contributed by atoms with E-state index in [1.165, 1.54) is 0 Å². The molecule has 1 aromatic carbocycles. The van der Waals surface area contributed by atoms with Crippen molar-refractivity contribution < 1.29 is 14.3 Å². The Hall–Kier alpha value is -2.14. The van der Waals surface area contributed by atoms with Crippen molar-refractivity contribution in [1.29, 1.82) is 0 Å². The summed E-state index contributed by atoms with van der Waals surface area (Å²) in [5.74, 6) is -0.445. The minimum atomic E-state index is -0.801. The highest BCUT2D eigenvalue weighted by Gasteiger charge is 2.47. The second kappa shape index (κ2) is 5.33. The summed E-state index contributed by atoms with van der Waals surface area (Å²) in [6, 6.07) is 9.61. The van der Waals surface area contributed by atoms with Crippen LogP contribution in [-0.4, -0.2) is 29.1 Å². The first-order valence-electron chi connectivity index (χ1n) is 7.08. The molecule has 1 fully saturated rings. The lowest BCUT2D eigenvalue weighted by Crippen LogP contribution is -2.38. The van der Waals surface area contributed by atoms with Gasteiger partial charge in [0.15, 0.2) is 0 Å². The Morgan fingerprint density at radius 1 is 1.43 bits per heavy atom. The van der Waals surface area contributed by atoms with Crippen LogP contribution in [0.15, 0.2) is 41.0 Å². The highest BCUT2D eigenvalue weighted by Crippen LogP contribution is 2.41. The molecule has 1 saturated heterocycles. The van der Waals surface area contributed by atoms with Gasteiger partial charge in [-0.2, -0.15) is 0 Å². The fourth-order valence-corrected chi connectivity index (χ4v) is 2.93. The molecule has 0 amide bonds. The molecule has 0 radical (unpaired) electrons. The Labute approximate surface area is 123 Å². The maximum atomic E-state index is 11.7. The Kier molecular flexibility index (Phi) is 3.51. The van der Waals surface area contributed by atoms with Gasteiger partial charge >= 0.3 is 5.97 Å². The van der Waals surface area contributed by atoms with E-state index in [0.29, 0.717) is 24.6 Å². The minimum Gasteiger partial charge on any atom is -0.481 e. The number of carboxylic acids is 1. The van der Waals surface area contributed by atoms with Crippen LogP contribution >= 0.6 is 0 Å². The summed E-state index contributed by atoms with van der Waals surface area (Å²) in [5, 5.41) is 12.8. The molecule has 21 heavy (non-hydrogen) atoms. The average molecular weight is 286 g/mol. The molecule has 0 saturated carbocycles. The highest BCUT2D eigenvalue weighted by molar-refractivity contribution is 5.77. The molecule has 2 N–H and O–H groups in total. The van der Waals surface area contributed by atoms with Crippen molar-refractivity contribution in [2.75, 3.05) is 13.1 Å². The number of hydrogen-bond acceptors (Lipinski definition) is 4. The first-order chi connectivity index (χ1) is 10.1. The van der Waals surface area contributed by atoms with Crippen molar-refractivity contribution in [2.24, 2.45) is 5.41 Å². The van der Waals surface area contributed by atoms with Crippen LogP contribution in [0.5, 0.6) is 0 Å². The van der Waals surface area contributed by atoms with Crippen LogP contribution < -0.4 is 5.32 Å². The number of aromatic nitrogens is 1. The second-order valence-electron chi connectivity index (χ2n) is 5.55. The average Bonchev–Trinajstić information content (AvgIpc) is 3.18. The van der Waals surface area contributed by atoms with Crippen LogP contribution in [0.2, 0.25) is 0 Å². The van der Waals surface area contributed by atoms with Crippen LogP contribution in [0, 0.1) is 5.41 Å². The Bertz CT molecular complexity index is 630. The molecular formula is C16H18N2O3. The molecular weight excluding hydrogens is 268 g/mol. The van der Waals surface area contributed by atoms with Gasteiger partial charge in [-0.25, -0.2) is 4.98 Å². The molecule has 2 atom stereocenters. The van der Waals surface area contributed by atoms with Crippen molar-refractivity contribution >= 4 is 5.97 Å². The molecule has 2 aromatic rings. The smallest absolute Gasteiger partial charge is 0.311 e. The molecule has 110 valence electrons. The number of carboxylic acid groups (broad SMARTS) is 1. The third-order valence-electron chi connectivity index (χ3n) is 4.43. The number of carbonyl (C=O) groups is 1. The van der Waals surface area contributed by atoms with Crippen LogP contribution in [0.4, 0.5) is 0 Å². The molecule has 3 rings (SSSR count). The lowest BCUT2D eigenvalue weighted by Gasteiger charge is -2.28. The zero-order chi connectivity index (χ0) is 14.9. The van der Waals surface area contributed by atoms with Gasteiger partial charge in [0.25, 0.3) is 0 Å². The Morgan fingerprint density at radius 2 is 2.19 bits per heavy atom. The van der Waals surface area contributed by atoms with E-state index in [4.69, 9.17) is 4.42 Å². The lowest BCUT2D eigenvalue weighted by atomic mass is 9.74. The zero-order valence-electron chi connectivity index (χ0n) is 11.9. The number of hydrogen-bond donors (Lipinski definition) is 2. The summed E-state index contributed by atoms with van der Waals surface area (Å²) in [7, 11) is 0. The predicted octanol–water partition coefficient (Wildman–Crippen LogP) is 2.51. The first kappa shape index (κ1) is 13.8. The van der Waals surface area contributed by atoms with Gasteiger partial charge < -0.3 is 14.8 Å². The molecule has 5 heteroatoms. The Morgan fingerprint density at radius 3 is 2.81 bits per heavy atom. The number of nitrogens with zero attached hydrogens (tertiary/aromatic N) is 1. The van der Waals surface area contributed by atoms with E-state index in [1.807, 2.05) is 37.3 Å². The molecule has 0 aliphatic carbocycles. The lowest BCUT2D eigenvalue weighted by molar-refractivity contribution is -0.149. The molecule has 2 heterocycles. The van der Waals surface area contributed by atoms with Gasteiger partial charge in [-0.15, -0.1) is 0 Å². The molecule has 0 bridgehead atoms. The summed E-state index contributed by atoms with van der Waals surface area (Å²) >= 11 is 0. The van der Waals surface area contributed by atoms with Crippen LogP contribution in [0.25, 0.3) is 11.5 Å². The van der Waals surface area contributed by atoms with E-state index >= 15 is 0 Å². The van der Waals surface area contributed by atoms with Gasteiger partial charge in [0.2, 0.25) is 5.89 Å². The Balaban J connectivity index is 1.91. The third kappa shape index (κ3) is 2.34. The minimum absolute atomic E-state index is 0.203. The fourth-order valence-electron chi connectivity index (χ4n) is 2.93. The molecule has 2 unspecified atom stereocenters. The molecule has 1 aromatic heterocycles. The van der Waals surface area contributed by atoms with E-state index < -0.39 is 11.4 Å². The number of oxazole rings is 1. The number of rotatable bonds is 4. The third-order valence-corrected chi connectivity index (χ3v) is 4.43. The second-order valence-corrected chi connectivity index (χ2v) is 5.55. The van der Waals surface area contributed by atoms with E-state index in [-0.39, 0.29) is 5.92 Å². The van der Waals surface area contributed by atoms with Gasteiger partial charge in [-0.1, -0.05) is 25.1 Å². The quantitative estimate of drug-likeness (QED) is 0.903. The van der Waals surface area contributed by atoms with Crippen LogP contribution in [0.3, 0.4) is 0 Å². The summed E-state index contributed by atoms with van der Waals surface area (Å²) in [4.78, 5) is 16.2. The SMILES string of the molecule is CC(c1coc(-c2ccccc2)n1)C1(C(=O)O)CCNC1. The fraction of sp³-hybridized carbons (Fsp3) is 0.375. The van der Waals surface area contributed by atoms with Crippen molar-refractivity contribution in [2.45, 2.75) is 19.3 Å². The normalized spacial score (nSPS) is 23.1. The molecule has 1 aliphatic rings. The van der Waals surface area contributed by atoms with Crippen molar-refractivity contribution in [3.05, 3.63) is 42.3 Å². The summed E-state index contributed by atoms with van der Waals surface area (Å²) < 4.78 is 5.53. The monoisotopic (exact) mass is 286 g/mol.